The molecule has 1 aliphatic rings. The van der Waals surface area contributed by atoms with Gasteiger partial charge in [0.1, 0.15) is 17.4 Å². The molecular formula is C26H32N4O7S. The van der Waals surface area contributed by atoms with Crippen molar-refractivity contribution < 1.29 is 32.2 Å². The fraction of sp³-hybridized carbons (Fsp3) is 0.423. The molecule has 1 aromatic heterocycles. The van der Waals surface area contributed by atoms with E-state index in [1.807, 2.05) is 26.0 Å². The van der Waals surface area contributed by atoms with Gasteiger partial charge in [-0.25, -0.2) is 13.2 Å². The number of morpholine rings is 1. The number of aromatic nitrogens is 1. The molecule has 1 N–H and O–H groups in total. The molecule has 2 aromatic rings. The SMILES string of the molecule is CCCn1c(C)cc(C=C(C#N)C(=O)OCC(=O)Nc2cc(S(=O)(=O)N3CCOCC3)ccc2OC)c1C. The van der Waals surface area contributed by atoms with E-state index in [0.29, 0.717) is 13.2 Å². The van der Waals surface area contributed by atoms with Crippen LogP contribution in [-0.2, 0) is 35.6 Å². The highest BCUT2D eigenvalue weighted by molar-refractivity contribution is 7.89. The van der Waals surface area contributed by atoms with Crippen LogP contribution in [0.2, 0.25) is 0 Å². The van der Waals surface area contributed by atoms with Crippen molar-refractivity contribution in [1.82, 2.24) is 8.87 Å². The number of nitrogens with one attached hydrogen (secondary N) is 1. The Morgan fingerprint density at radius 3 is 2.55 bits per heavy atom. The molecular weight excluding hydrogens is 512 g/mol. The van der Waals surface area contributed by atoms with E-state index in [1.165, 1.54) is 35.7 Å². The molecule has 204 valence electrons. The third kappa shape index (κ3) is 6.61. The van der Waals surface area contributed by atoms with Crippen LogP contribution >= 0.6 is 0 Å². The fourth-order valence-electron chi connectivity index (χ4n) is 4.11. The zero-order valence-electron chi connectivity index (χ0n) is 21.9. The number of methoxy groups -OCH3 is 1. The molecule has 38 heavy (non-hydrogen) atoms. The van der Waals surface area contributed by atoms with Crippen molar-refractivity contribution in [3.63, 3.8) is 0 Å². The Balaban J connectivity index is 1.70. The molecule has 1 aliphatic heterocycles. The smallest absolute Gasteiger partial charge is 0.349 e. The predicted octanol–water partition coefficient (Wildman–Crippen LogP) is 2.63. The number of hydrogen-bond donors (Lipinski definition) is 1. The van der Waals surface area contributed by atoms with E-state index in [1.54, 1.807) is 0 Å². The first-order chi connectivity index (χ1) is 18.1. The Kier molecular flexibility index (Phi) is 9.68. The fourth-order valence-corrected chi connectivity index (χ4v) is 5.55. The molecule has 1 aromatic carbocycles. The van der Waals surface area contributed by atoms with Crippen LogP contribution in [0.4, 0.5) is 5.69 Å². The van der Waals surface area contributed by atoms with Crippen LogP contribution in [0.15, 0.2) is 34.7 Å². The number of sulfonamides is 1. The molecule has 1 amide bonds. The number of amides is 1. The van der Waals surface area contributed by atoms with E-state index in [4.69, 9.17) is 14.2 Å². The van der Waals surface area contributed by atoms with Gasteiger partial charge >= 0.3 is 5.97 Å². The Bertz CT molecular complexity index is 1370. The molecule has 1 fully saturated rings. The van der Waals surface area contributed by atoms with Crippen molar-refractivity contribution in [3.8, 4) is 11.8 Å². The number of nitrogens with zero attached hydrogens (tertiary/aromatic N) is 3. The maximum Gasteiger partial charge on any atom is 0.349 e. The van der Waals surface area contributed by atoms with Crippen LogP contribution in [0, 0.1) is 25.2 Å². The number of benzene rings is 1. The summed E-state index contributed by atoms with van der Waals surface area (Å²) in [6.45, 7) is 7.10. The summed E-state index contributed by atoms with van der Waals surface area (Å²) in [6, 6.07) is 7.82. The second-order valence-corrected chi connectivity index (χ2v) is 10.6. The van der Waals surface area contributed by atoms with Crippen LogP contribution in [0.25, 0.3) is 6.08 Å². The van der Waals surface area contributed by atoms with Gasteiger partial charge in [-0.05, 0) is 56.2 Å². The van der Waals surface area contributed by atoms with Gasteiger partial charge in [-0.2, -0.15) is 9.57 Å². The number of nitriles is 1. The van der Waals surface area contributed by atoms with E-state index in [0.717, 1.165) is 29.9 Å². The molecule has 0 saturated carbocycles. The second-order valence-electron chi connectivity index (χ2n) is 8.65. The highest BCUT2D eigenvalue weighted by Crippen LogP contribution is 2.29. The first kappa shape index (κ1) is 28.9. The Morgan fingerprint density at radius 1 is 1.21 bits per heavy atom. The normalized spacial score (nSPS) is 14.6. The minimum atomic E-state index is -3.81. The molecule has 0 bridgehead atoms. The topological polar surface area (TPSA) is 140 Å². The van der Waals surface area contributed by atoms with Crippen LogP contribution in [0.3, 0.4) is 0 Å². The minimum absolute atomic E-state index is 0.0251. The maximum atomic E-state index is 13.0. The molecule has 0 radical (unpaired) electrons. The van der Waals surface area contributed by atoms with Gasteiger partial charge in [0.15, 0.2) is 6.61 Å². The van der Waals surface area contributed by atoms with Crippen LogP contribution < -0.4 is 10.1 Å². The third-order valence-corrected chi connectivity index (χ3v) is 7.98. The molecule has 0 unspecified atom stereocenters. The highest BCUT2D eigenvalue weighted by atomic mass is 32.2. The average Bonchev–Trinajstić information content (AvgIpc) is 3.18. The van der Waals surface area contributed by atoms with E-state index >= 15 is 0 Å². The van der Waals surface area contributed by atoms with Crippen molar-refractivity contribution >= 4 is 33.7 Å². The van der Waals surface area contributed by atoms with Crippen molar-refractivity contribution in [3.05, 3.63) is 46.8 Å². The minimum Gasteiger partial charge on any atom is -0.495 e. The Morgan fingerprint density at radius 2 is 1.92 bits per heavy atom. The van der Waals surface area contributed by atoms with Gasteiger partial charge in [0.2, 0.25) is 10.0 Å². The number of anilines is 1. The highest BCUT2D eigenvalue weighted by Gasteiger charge is 2.27. The molecule has 0 atom stereocenters. The van der Waals surface area contributed by atoms with Gasteiger partial charge < -0.3 is 24.1 Å². The molecule has 1 saturated heterocycles. The number of carbonyl (C=O) groups excluding carboxylic acids is 2. The zero-order chi connectivity index (χ0) is 27.9. The quantitative estimate of drug-likeness (QED) is 0.274. The number of aryl methyl sites for hydroxylation is 1. The van der Waals surface area contributed by atoms with Crippen molar-refractivity contribution in [2.24, 2.45) is 0 Å². The molecule has 11 nitrogen and oxygen atoms in total. The average molecular weight is 545 g/mol. The monoisotopic (exact) mass is 544 g/mol. The first-order valence-electron chi connectivity index (χ1n) is 12.1. The molecule has 3 rings (SSSR count). The first-order valence-corrected chi connectivity index (χ1v) is 13.6. The lowest BCUT2D eigenvalue weighted by Crippen LogP contribution is -2.40. The number of carbonyl (C=O) groups is 2. The lowest BCUT2D eigenvalue weighted by molar-refractivity contribution is -0.142. The van der Waals surface area contributed by atoms with Crippen LogP contribution in [-0.4, -0.2) is 69.2 Å². The van der Waals surface area contributed by atoms with E-state index in [9.17, 15) is 23.3 Å². The number of ether oxygens (including phenoxy) is 3. The Labute approximate surface area is 222 Å². The lowest BCUT2D eigenvalue weighted by Gasteiger charge is -2.26. The summed E-state index contributed by atoms with van der Waals surface area (Å²) in [5.74, 6) is -1.44. The summed E-state index contributed by atoms with van der Waals surface area (Å²) in [5.41, 5.74) is 2.50. The standard InChI is InChI=1S/C26H32N4O7S/c1-5-8-30-18(2)13-20(19(30)3)14-21(16-27)26(32)37-17-25(31)28-23-15-22(6-7-24(23)35-4)38(33,34)29-9-11-36-12-10-29/h6-7,13-15H,5,8-12,17H2,1-4H3,(H,28,31). The van der Waals surface area contributed by atoms with Gasteiger partial charge in [0.05, 0.1) is 30.9 Å². The summed E-state index contributed by atoms with van der Waals surface area (Å²) in [6.07, 6.45) is 2.38. The zero-order valence-corrected chi connectivity index (χ0v) is 22.8. The lowest BCUT2D eigenvalue weighted by atomic mass is 10.1. The van der Waals surface area contributed by atoms with Gasteiger partial charge in [-0.3, -0.25) is 4.79 Å². The summed E-state index contributed by atoms with van der Waals surface area (Å²) >= 11 is 0. The number of hydrogen-bond acceptors (Lipinski definition) is 8. The molecule has 0 aliphatic carbocycles. The summed E-state index contributed by atoms with van der Waals surface area (Å²) < 4.78 is 44.9. The van der Waals surface area contributed by atoms with Gasteiger partial charge in [-0.1, -0.05) is 6.92 Å². The molecule has 0 spiro atoms. The predicted molar refractivity (Wildman–Crippen MR) is 140 cm³/mol. The molecule has 2 heterocycles. The number of esters is 1. The summed E-state index contributed by atoms with van der Waals surface area (Å²) in [7, 11) is -2.43. The Hall–Kier alpha value is -3.66. The summed E-state index contributed by atoms with van der Waals surface area (Å²) in [4.78, 5) is 25.1. The van der Waals surface area contributed by atoms with Crippen molar-refractivity contribution in [2.45, 2.75) is 38.6 Å². The van der Waals surface area contributed by atoms with E-state index < -0.39 is 28.5 Å². The van der Waals surface area contributed by atoms with Gasteiger partial charge in [0.25, 0.3) is 5.91 Å². The number of rotatable bonds is 10. The second kappa shape index (κ2) is 12.7. The third-order valence-electron chi connectivity index (χ3n) is 6.09. The van der Waals surface area contributed by atoms with Crippen molar-refractivity contribution in [2.75, 3.05) is 45.3 Å². The maximum absolute atomic E-state index is 13.0. The largest absolute Gasteiger partial charge is 0.495 e. The van der Waals surface area contributed by atoms with E-state index in [-0.39, 0.29) is 35.0 Å². The van der Waals surface area contributed by atoms with E-state index in [2.05, 4.69) is 16.8 Å². The molecule has 12 heteroatoms. The summed E-state index contributed by atoms with van der Waals surface area (Å²) in [5, 5.41) is 12.0. The van der Waals surface area contributed by atoms with Crippen LogP contribution in [0.1, 0.15) is 30.3 Å². The van der Waals surface area contributed by atoms with Crippen molar-refractivity contribution in [1.29, 1.82) is 5.26 Å². The van der Waals surface area contributed by atoms with Crippen LogP contribution in [0.5, 0.6) is 5.75 Å². The van der Waals surface area contributed by atoms with Gasteiger partial charge in [0, 0.05) is 31.0 Å². The van der Waals surface area contributed by atoms with Gasteiger partial charge in [-0.15, -0.1) is 0 Å².